The Hall–Kier alpha value is -0.910. The Bertz CT molecular complexity index is 530. The summed E-state index contributed by atoms with van der Waals surface area (Å²) in [5, 5.41) is 3.28. The molecule has 1 saturated heterocycles. The van der Waals surface area contributed by atoms with Crippen molar-refractivity contribution in [3.05, 3.63) is 29.8 Å². The van der Waals surface area contributed by atoms with Gasteiger partial charge in [-0.05, 0) is 49.4 Å². The van der Waals surface area contributed by atoms with Crippen molar-refractivity contribution in [3.8, 4) is 0 Å². The molecular weight excluding hydrogens is 284 g/mol. The highest BCUT2D eigenvalue weighted by Gasteiger charge is 2.20. The molecule has 1 aromatic carbocycles. The lowest BCUT2D eigenvalue weighted by Gasteiger charge is -2.16. The average molecular weight is 310 g/mol. The zero-order chi connectivity index (χ0) is 15.3. The van der Waals surface area contributed by atoms with E-state index in [9.17, 15) is 8.42 Å². The van der Waals surface area contributed by atoms with Gasteiger partial charge in [-0.3, -0.25) is 0 Å². The highest BCUT2D eigenvalue weighted by atomic mass is 32.2. The van der Waals surface area contributed by atoms with Crippen molar-refractivity contribution < 1.29 is 8.42 Å². The van der Waals surface area contributed by atoms with Gasteiger partial charge in [-0.1, -0.05) is 32.4 Å². The van der Waals surface area contributed by atoms with Crippen LogP contribution in [0.2, 0.25) is 0 Å². The zero-order valence-corrected chi connectivity index (χ0v) is 13.7. The molecule has 1 unspecified atom stereocenters. The van der Waals surface area contributed by atoms with E-state index in [0.29, 0.717) is 17.4 Å². The molecule has 0 bridgehead atoms. The van der Waals surface area contributed by atoms with Gasteiger partial charge >= 0.3 is 0 Å². The van der Waals surface area contributed by atoms with Gasteiger partial charge in [-0.2, -0.15) is 0 Å². The van der Waals surface area contributed by atoms with Crippen LogP contribution in [0.15, 0.2) is 29.2 Å². The molecule has 118 valence electrons. The molecule has 5 heteroatoms. The molecule has 1 fully saturated rings. The summed E-state index contributed by atoms with van der Waals surface area (Å²) in [6.07, 6.45) is 4.05. The number of nitrogens with one attached hydrogen (secondary N) is 2. The number of rotatable bonds is 5. The molecule has 4 nitrogen and oxygen atoms in total. The van der Waals surface area contributed by atoms with Crippen LogP contribution in [0.5, 0.6) is 0 Å². The van der Waals surface area contributed by atoms with E-state index >= 15 is 0 Å². The van der Waals surface area contributed by atoms with Crippen LogP contribution in [0, 0.1) is 5.92 Å². The molecule has 1 aliphatic heterocycles. The van der Waals surface area contributed by atoms with Gasteiger partial charge < -0.3 is 5.32 Å². The third kappa shape index (κ3) is 5.09. The monoisotopic (exact) mass is 310 g/mol. The predicted molar refractivity (Wildman–Crippen MR) is 85.8 cm³/mol. The Morgan fingerprint density at radius 1 is 1.24 bits per heavy atom. The van der Waals surface area contributed by atoms with E-state index in [-0.39, 0.29) is 6.04 Å². The lowest BCUT2D eigenvalue weighted by atomic mass is 10.0. The highest BCUT2D eigenvalue weighted by molar-refractivity contribution is 7.89. The largest absolute Gasteiger partial charge is 0.315 e. The molecule has 1 heterocycles. The standard InChI is InChI=1S/C16H26N2O2S/c1-13(2)11-14-6-8-16(9-7-14)21(19,20)18-15-5-3-4-10-17-12-15/h6-9,13,15,17-18H,3-5,10-12H2,1-2H3. The van der Waals surface area contributed by atoms with E-state index in [1.807, 2.05) is 12.1 Å². The molecule has 1 aromatic rings. The van der Waals surface area contributed by atoms with E-state index in [0.717, 1.165) is 32.2 Å². The van der Waals surface area contributed by atoms with E-state index in [2.05, 4.69) is 23.9 Å². The second kappa shape index (κ2) is 7.38. The molecule has 2 N–H and O–H groups in total. The lowest BCUT2D eigenvalue weighted by molar-refractivity contribution is 0.521. The van der Waals surface area contributed by atoms with Gasteiger partial charge in [-0.25, -0.2) is 13.1 Å². The summed E-state index contributed by atoms with van der Waals surface area (Å²) in [5.74, 6) is 0.572. The third-order valence-corrected chi connectivity index (χ3v) is 5.28. The molecule has 0 saturated carbocycles. The molecule has 0 aromatic heterocycles. The average Bonchev–Trinajstić information content (AvgIpc) is 2.67. The summed E-state index contributed by atoms with van der Waals surface area (Å²) in [5.41, 5.74) is 1.18. The van der Waals surface area contributed by atoms with Crippen molar-refractivity contribution in [2.24, 2.45) is 5.92 Å². The Balaban J connectivity index is 2.04. The van der Waals surface area contributed by atoms with E-state index in [1.54, 1.807) is 12.1 Å². The van der Waals surface area contributed by atoms with Gasteiger partial charge in [0.25, 0.3) is 0 Å². The Kier molecular flexibility index (Phi) is 5.79. The summed E-state index contributed by atoms with van der Waals surface area (Å²) in [7, 11) is -3.41. The van der Waals surface area contributed by atoms with Gasteiger partial charge in [0.05, 0.1) is 4.90 Å². The van der Waals surface area contributed by atoms with Crippen LogP contribution in [0.1, 0.15) is 38.7 Å². The fourth-order valence-electron chi connectivity index (χ4n) is 2.68. The number of sulfonamides is 1. The van der Waals surface area contributed by atoms with Gasteiger partial charge in [-0.15, -0.1) is 0 Å². The predicted octanol–water partition coefficient (Wildman–Crippen LogP) is 2.31. The first-order valence-corrected chi connectivity index (χ1v) is 9.27. The van der Waals surface area contributed by atoms with Gasteiger partial charge in [0.2, 0.25) is 10.0 Å². The zero-order valence-electron chi connectivity index (χ0n) is 12.9. The first-order valence-electron chi connectivity index (χ1n) is 7.79. The first-order chi connectivity index (χ1) is 9.97. The van der Waals surface area contributed by atoms with Crippen LogP contribution < -0.4 is 10.0 Å². The summed E-state index contributed by atoms with van der Waals surface area (Å²) >= 11 is 0. The minimum Gasteiger partial charge on any atom is -0.315 e. The second-order valence-electron chi connectivity index (χ2n) is 6.26. The number of hydrogen-bond donors (Lipinski definition) is 2. The molecule has 2 rings (SSSR count). The van der Waals surface area contributed by atoms with Crippen LogP contribution in [0.25, 0.3) is 0 Å². The Morgan fingerprint density at radius 3 is 2.62 bits per heavy atom. The van der Waals surface area contributed by atoms with E-state index in [1.165, 1.54) is 5.56 Å². The fourth-order valence-corrected chi connectivity index (χ4v) is 3.95. The van der Waals surface area contributed by atoms with E-state index in [4.69, 9.17) is 0 Å². The number of benzene rings is 1. The molecule has 0 spiro atoms. The molecule has 21 heavy (non-hydrogen) atoms. The maximum Gasteiger partial charge on any atom is 0.240 e. The second-order valence-corrected chi connectivity index (χ2v) is 7.97. The van der Waals surface area contributed by atoms with Gasteiger partial charge in [0.1, 0.15) is 0 Å². The van der Waals surface area contributed by atoms with Crippen molar-refractivity contribution in [1.82, 2.24) is 10.0 Å². The molecule has 0 radical (unpaired) electrons. The quantitative estimate of drug-likeness (QED) is 0.877. The molecular formula is C16H26N2O2S. The van der Waals surface area contributed by atoms with Gasteiger partial charge in [0.15, 0.2) is 0 Å². The Labute approximate surface area is 128 Å². The lowest BCUT2D eigenvalue weighted by Crippen LogP contribution is -2.40. The maximum atomic E-state index is 12.4. The maximum absolute atomic E-state index is 12.4. The fraction of sp³-hybridized carbons (Fsp3) is 0.625. The highest BCUT2D eigenvalue weighted by Crippen LogP contribution is 2.15. The molecule has 1 atom stereocenters. The topological polar surface area (TPSA) is 58.2 Å². The smallest absolute Gasteiger partial charge is 0.240 e. The van der Waals surface area contributed by atoms with Crippen molar-refractivity contribution in [3.63, 3.8) is 0 Å². The summed E-state index contributed by atoms with van der Waals surface area (Å²) in [4.78, 5) is 0.360. The van der Waals surface area contributed by atoms with Crippen LogP contribution in [0.4, 0.5) is 0 Å². The summed E-state index contributed by atoms with van der Waals surface area (Å²) < 4.78 is 27.6. The molecule has 0 amide bonds. The van der Waals surface area contributed by atoms with Crippen LogP contribution in [-0.2, 0) is 16.4 Å². The third-order valence-electron chi connectivity index (χ3n) is 3.75. The summed E-state index contributed by atoms with van der Waals surface area (Å²) in [6, 6.07) is 7.25. The van der Waals surface area contributed by atoms with Crippen molar-refractivity contribution in [2.75, 3.05) is 13.1 Å². The number of hydrogen-bond acceptors (Lipinski definition) is 3. The van der Waals surface area contributed by atoms with Crippen LogP contribution in [0.3, 0.4) is 0 Å². The van der Waals surface area contributed by atoms with Crippen molar-refractivity contribution in [1.29, 1.82) is 0 Å². The minimum atomic E-state index is -3.41. The summed E-state index contributed by atoms with van der Waals surface area (Å²) in [6.45, 7) is 6.00. The first kappa shape index (κ1) is 16.5. The van der Waals surface area contributed by atoms with Crippen LogP contribution >= 0.6 is 0 Å². The van der Waals surface area contributed by atoms with Crippen LogP contribution in [-0.4, -0.2) is 27.5 Å². The SMILES string of the molecule is CC(C)Cc1ccc(S(=O)(=O)NC2CCCCNC2)cc1. The Morgan fingerprint density at radius 2 is 1.95 bits per heavy atom. The molecule has 0 aliphatic carbocycles. The minimum absolute atomic E-state index is 0.00663. The van der Waals surface area contributed by atoms with E-state index < -0.39 is 10.0 Å². The molecule has 1 aliphatic rings. The normalized spacial score (nSPS) is 20.4. The van der Waals surface area contributed by atoms with Crippen molar-refractivity contribution in [2.45, 2.75) is 50.5 Å². The van der Waals surface area contributed by atoms with Crippen molar-refractivity contribution >= 4 is 10.0 Å². The van der Waals surface area contributed by atoms with Gasteiger partial charge in [0, 0.05) is 12.6 Å².